The Bertz CT molecular complexity index is 715. The van der Waals surface area contributed by atoms with Crippen molar-refractivity contribution >= 4 is 16.6 Å². The van der Waals surface area contributed by atoms with Crippen LogP contribution in [0.25, 0.3) is 10.9 Å². The average Bonchev–Trinajstić information content (AvgIpc) is 2.59. The molecule has 136 valence electrons. The number of halogens is 2. The molecule has 1 aliphatic heterocycles. The van der Waals surface area contributed by atoms with Crippen LogP contribution in [-0.2, 0) is 4.74 Å². The molecule has 0 spiro atoms. The normalized spacial score (nSPS) is 16.1. The largest absolute Gasteiger partial charge is 0.378 e. The van der Waals surface area contributed by atoms with Gasteiger partial charge in [-0.05, 0) is 52.0 Å². The second kappa shape index (κ2) is 8.06. The number of hydrogen-bond donors (Lipinski definition) is 0. The van der Waals surface area contributed by atoms with Crippen molar-refractivity contribution in [3.8, 4) is 0 Å². The molecule has 1 fully saturated rings. The molecule has 2 heterocycles. The van der Waals surface area contributed by atoms with Crippen molar-refractivity contribution in [1.82, 2.24) is 9.88 Å². The van der Waals surface area contributed by atoms with E-state index in [9.17, 15) is 8.78 Å². The Labute approximate surface area is 147 Å². The summed E-state index contributed by atoms with van der Waals surface area (Å²) in [6.45, 7) is 3.43. The highest BCUT2D eigenvalue weighted by Gasteiger charge is 2.22. The molecular weight excluding hydrogens is 324 g/mol. The summed E-state index contributed by atoms with van der Waals surface area (Å²) in [5.41, 5.74) is 1.07. The lowest BCUT2D eigenvalue weighted by Gasteiger charge is -2.34. The van der Waals surface area contributed by atoms with Gasteiger partial charge >= 0.3 is 0 Å². The van der Waals surface area contributed by atoms with Crippen LogP contribution in [0.3, 0.4) is 0 Å². The van der Waals surface area contributed by atoms with Gasteiger partial charge in [-0.1, -0.05) is 0 Å². The monoisotopic (exact) mass is 349 g/mol. The van der Waals surface area contributed by atoms with Crippen LogP contribution in [0.4, 0.5) is 14.5 Å². The van der Waals surface area contributed by atoms with Crippen molar-refractivity contribution < 1.29 is 13.5 Å². The van der Waals surface area contributed by atoms with E-state index in [-0.39, 0.29) is 11.6 Å². The van der Waals surface area contributed by atoms with Gasteiger partial charge in [0.1, 0.15) is 11.3 Å². The van der Waals surface area contributed by atoms with Crippen LogP contribution < -0.4 is 4.90 Å². The van der Waals surface area contributed by atoms with Gasteiger partial charge in [-0.3, -0.25) is 4.98 Å². The minimum Gasteiger partial charge on any atom is -0.378 e. The van der Waals surface area contributed by atoms with E-state index >= 15 is 0 Å². The van der Waals surface area contributed by atoms with E-state index in [1.807, 2.05) is 6.07 Å². The lowest BCUT2D eigenvalue weighted by atomic mass is 10.1. The minimum absolute atomic E-state index is 0.223. The number of hydrogen-bond acceptors (Lipinski definition) is 4. The smallest absolute Gasteiger partial charge is 0.152 e. The molecule has 0 N–H and O–H groups in total. The molecular formula is C19H25F2N3O. The Kier molecular flexibility index (Phi) is 5.81. The number of nitrogens with zero attached hydrogens (tertiary/aromatic N) is 3. The first-order chi connectivity index (χ1) is 12.0. The third kappa shape index (κ3) is 4.44. The summed E-state index contributed by atoms with van der Waals surface area (Å²) in [5.74, 6) is -1.19. The molecule has 0 radical (unpaired) electrons. The number of ether oxygens (including phenoxy) is 1. The van der Waals surface area contributed by atoms with Gasteiger partial charge < -0.3 is 14.5 Å². The molecule has 1 saturated heterocycles. The van der Waals surface area contributed by atoms with Gasteiger partial charge in [0.25, 0.3) is 0 Å². The van der Waals surface area contributed by atoms with Crippen LogP contribution >= 0.6 is 0 Å². The molecule has 3 rings (SSSR count). The zero-order valence-corrected chi connectivity index (χ0v) is 14.8. The Morgan fingerprint density at radius 3 is 2.72 bits per heavy atom. The summed E-state index contributed by atoms with van der Waals surface area (Å²) in [6.07, 6.45) is 4.72. The van der Waals surface area contributed by atoms with E-state index in [0.717, 1.165) is 57.3 Å². The molecule has 2 aromatic rings. The van der Waals surface area contributed by atoms with E-state index in [4.69, 9.17) is 4.74 Å². The first-order valence-electron chi connectivity index (χ1n) is 8.79. The highest BCUT2D eigenvalue weighted by Crippen LogP contribution is 2.30. The fourth-order valence-electron chi connectivity index (χ4n) is 3.33. The summed E-state index contributed by atoms with van der Waals surface area (Å²) in [4.78, 5) is 8.38. The van der Waals surface area contributed by atoms with Gasteiger partial charge in [0, 0.05) is 43.0 Å². The van der Waals surface area contributed by atoms with Gasteiger partial charge in [0.2, 0.25) is 0 Å². The van der Waals surface area contributed by atoms with Gasteiger partial charge in [0.15, 0.2) is 5.82 Å². The highest BCUT2D eigenvalue weighted by atomic mass is 19.1. The standard InChI is InChI=1S/C19H25F2N3O/c1-23(2)8-3-11-25-15-5-9-24(10-6-15)18-4-7-22-19-16(18)12-14(20)13-17(19)21/h4,7,12-13,15H,3,5-6,8-11H2,1-2H3. The molecule has 1 aromatic carbocycles. The highest BCUT2D eigenvalue weighted by molar-refractivity contribution is 5.92. The SMILES string of the molecule is CN(C)CCCOC1CCN(c2ccnc3c(F)cc(F)cc23)CC1. The molecule has 0 bridgehead atoms. The molecule has 0 aliphatic carbocycles. The molecule has 1 aromatic heterocycles. The van der Waals surface area contributed by atoms with Crippen LogP contribution in [0.15, 0.2) is 24.4 Å². The third-order valence-electron chi connectivity index (χ3n) is 4.63. The van der Waals surface area contributed by atoms with Crippen molar-refractivity contribution in [2.75, 3.05) is 45.2 Å². The molecule has 6 heteroatoms. The van der Waals surface area contributed by atoms with E-state index in [1.54, 1.807) is 6.20 Å². The van der Waals surface area contributed by atoms with Crippen molar-refractivity contribution in [1.29, 1.82) is 0 Å². The number of piperidine rings is 1. The lowest BCUT2D eigenvalue weighted by Crippen LogP contribution is -2.37. The number of aromatic nitrogens is 1. The van der Waals surface area contributed by atoms with Crippen LogP contribution in [0.5, 0.6) is 0 Å². The first kappa shape index (κ1) is 18.0. The quantitative estimate of drug-likeness (QED) is 0.747. The van der Waals surface area contributed by atoms with Crippen molar-refractivity contribution in [3.05, 3.63) is 36.0 Å². The molecule has 0 saturated carbocycles. The number of fused-ring (bicyclic) bond motifs is 1. The van der Waals surface area contributed by atoms with Gasteiger partial charge in [-0.15, -0.1) is 0 Å². The molecule has 0 amide bonds. The Hall–Kier alpha value is -1.79. The summed E-state index contributed by atoms with van der Waals surface area (Å²) in [5, 5.41) is 0.533. The van der Waals surface area contributed by atoms with E-state index < -0.39 is 11.6 Å². The first-order valence-corrected chi connectivity index (χ1v) is 8.79. The number of benzene rings is 1. The van der Waals surface area contributed by atoms with Gasteiger partial charge in [-0.25, -0.2) is 8.78 Å². The maximum atomic E-state index is 13.9. The molecule has 0 unspecified atom stereocenters. The summed E-state index contributed by atoms with van der Waals surface area (Å²) >= 11 is 0. The van der Waals surface area contributed by atoms with Gasteiger partial charge in [-0.2, -0.15) is 0 Å². The molecule has 25 heavy (non-hydrogen) atoms. The fourth-order valence-corrected chi connectivity index (χ4v) is 3.33. The third-order valence-corrected chi connectivity index (χ3v) is 4.63. The summed E-state index contributed by atoms with van der Waals surface area (Å²) in [6, 6.07) is 4.08. The fraction of sp³-hybridized carbons (Fsp3) is 0.526. The van der Waals surface area contributed by atoms with Gasteiger partial charge in [0.05, 0.1) is 6.10 Å². The Balaban J connectivity index is 1.63. The van der Waals surface area contributed by atoms with Crippen LogP contribution in [-0.4, -0.2) is 56.3 Å². The van der Waals surface area contributed by atoms with Crippen LogP contribution in [0.1, 0.15) is 19.3 Å². The van der Waals surface area contributed by atoms with Crippen molar-refractivity contribution in [3.63, 3.8) is 0 Å². The number of pyridine rings is 1. The minimum atomic E-state index is -0.615. The Morgan fingerprint density at radius 1 is 1.24 bits per heavy atom. The van der Waals surface area contributed by atoms with E-state index in [0.29, 0.717) is 5.39 Å². The molecule has 4 nitrogen and oxygen atoms in total. The molecule has 1 aliphatic rings. The summed E-state index contributed by atoms with van der Waals surface area (Å²) in [7, 11) is 4.12. The van der Waals surface area contributed by atoms with Crippen molar-refractivity contribution in [2.45, 2.75) is 25.4 Å². The lowest BCUT2D eigenvalue weighted by molar-refractivity contribution is 0.0333. The second-order valence-electron chi connectivity index (χ2n) is 6.83. The molecule has 0 atom stereocenters. The van der Waals surface area contributed by atoms with Crippen LogP contribution in [0, 0.1) is 11.6 Å². The topological polar surface area (TPSA) is 28.6 Å². The number of anilines is 1. The Morgan fingerprint density at radius 2 is 2.00 bits per heavy atom. The van der Waals surface area contributed by atoms with E-state index in [1.165, 1.54) is 6.07 Å². The van der Waals surface area contributed by atoms with Crippen molar-refractivity contribution in [2.24, 2.45) is 0 Å². The zero-order valence-electron chi connectivity index (χ0n) is 14.8. The van der Waals surface area contributed by atoms with Crippen LogP contribution in [0.2, 0.25) is 0 Å². The zero-order chi connectivity index (χ0) is 17.8. The maximum Gasteiger partial charge on any atom is 0.152 e. The second-order valence-corrected chi connectivity index (χ2v) is 6.83. The van der Waals surface area contributed by atoms with E-state index in [2.05, 4.69) is 28.9 Å². The average molecular weight is 349 g/mol. The predicted octanol–water partition coefficient (Wildman–Crippen LogP) is 3.45. The summed E-state index contributed by atoms with van der Waals surface area (Å²) < 4.78 is 33.5. The number of rotatable bonds is 6. The predicted molar refractivity (Wildman–Crippen MR) is 96.0 cm³/mol. The maximum absolute atomic E-state index is 13.9.